The van der Waals surface area contributed by atoms with E-state index in [-0.39, 0.29) is 5.54 Å². The maximum atomic E-state index is 4.52. The smallest absolute Gasteiger partial charge is 0.107 e. The zero-order chi connectivity index (χ0) is 12.3. The molecule has 2 heterocycles. The number of hydrogen-bond acceptors (Lipinski definition) is 4. The van der Waals surface area contributed by atoms with Crippen LogP contribution in [0.5, 0.6) is 0 Å². The molecule has 1 N–H and O–H groups in total. The van der Waals surface area contributed by atoms with Gasteiger partial charge in [0.2, 0.25) is 0 Å². The SMILES string of the molecule is CCc1cnc(CN2CCCNC(C)(C)C2)s1. The molecule has 1 aliphatic heterocycles. The van der Waals surface area contributed by atoms with Crippen molar-refractivity contribution in [2.45, 2.75) is 45.7 Å². The minimum atomic E-state index is 0.224. The first-order valence-corrected chi connectivity index (χ1v) is 7.32. The zero-order valence-electron chi connectivity index (χ0n) is 11.1. The molecule has 0 saturated carbocycles. The Balaban J connectivity index is 1.97. The fourth-order valence-corrected chi connectivity index (χ4v) is 3.24. The molecule has 1 saturated heterocycles. The lowest BCUT2D eigenvalue weighted by Crippen LogP contribution is -2.46. The quantitative estimate of drug-likeness (QED) is 0.896. The Bertz CT molecular complexity index is 359. The van der Waals surface area contributed by atoms with Gasteiger partial charge in [0.25, 0.3) is 0 Å². The Morgan fingerprint density at radius 3 is 3.06 bits per heavy atom. The molecule has 3 nitrogen and oxygen atoms in total. The molecule has 1 aliphatic rings. The van der Waals surface area contributed by atoms with Crippen molar-refractivity contribution in [2.24, 2.45) is 0 Å². The summed E-state index contributed by atoms with van der Waals surface area (Å²) in [6, 6.07) is 0. The molecule has 0 atom stereocenters. The van der Waals surface area contributed by atoms with Gasteiger partial charge in [-0.05, 0) is 39.8 Å². The second-order valence-corrected chi connectivity index (χ2v) is 6.65. The van der Waals surface area contributed by atoms with E-state index < -0.39 is 0 Å². The highest BCUT2D eigenvalue weighted by Crippen LogP contribution is 2.18. The fraction of sp³-hybridized carbons (Fsp3) is 0.769. The molecule has 0 radical (unpaired) electrons. The van der Waals surface area contributed by atoms with Gasteiger partial charge in [-0.2, -0.15) is 0 Å². The van der Waals surface area contributed by atoms with Crippen molar-refractivity contribution in [2.75, 3.05) is 19.6 Å². The maximum Gasteiger partial charge on any atom is 0.107 e. The van der Waals surface area contributed by atoms with Gasteiger partial charge in [0.1, 0.15) is 5.01 Å². The third-order valence-corrected chi connectivity index (χ3v) is 4.31. The molecule has 0 amide bonds. The van der Waals surface area contributed by atoms with Crippen molar-refractivity contribution >= 4 is 11.3 Å². The first-order chi connectivity index (χ1) is 8.09. The normalized spacial score (nSPS) is 21.4. The first-order valence-electron chi connectivity index (χ1n) is 6.50. The highest BCUT2D eigenvalue weighted by Gasteiger charge is 2.24. The van der Waals surface area contributed by atoms with E-state index in [0.717, 1.165) is 26.1 Å². The number of nitrogens with zero attached hydrogens (tertiary/aromatic N) is 2. The van der Waals surface area contributed by atoms with Crippen molar-refractivity contribution in [3.8, 4) is 0 Å². The van der Waals surface area contributed by atoms with Crippen LogP contribution in [0, 0.1) is 0 Å². The average molecular weight is 253 g/mol. The van der Waals surface area contributed by atoms with Gasteiger partial charge in [0.15, 0.2) is 0 Å². The van der Waals surface area contributed by atoms with E-state index in [2.05, 4.69) is 36.0 Å². The van der Waals surface area contributed by atoms with Crippen LogP contribution in [0.3, 0.4) is 0 Å². The Hall–Kier alpha value is -0.450. The van der Waals surface area contributed by atoms with Crippen LogP contribution >= 0.6 is 11.3 Å². The Labute approximate surface area is 108 Å². The molecular weight excluding hydrogens is 230 g/mol. The van der Waals surface area contributed by atoms with E-state index in [1.807, 2.05) is 17.5 Å². The van der Waals surface area contributed by atoms with E-state index in [1.54, 1.807) is 0 Å². The van der Waals surface area contributed by atoms with Crippen LogP contribution in [-0.2, 0) is 13.0 Å². The number of aryl methyl sites for hydroxylation is 1. The molecule has 0 spiro atoms. The number of rotatable bonds is 3. The van der Waals surface area contributed by atoms with Crippen LogP contribution in [0.4, 0.5) is 0 Å². The predicted molar refractivity (Wildman–Crippen MR) is 73.5 cm³/mol. The lowest BCUT2D eigenvalue weighted by Gasteiger charge is -2.29. The van der Waals surface area contributed by atoms with Crippen molar-refractivity contribution in [1.29, 1.82) is 0 Å². The predicted octanol–water partition coefficient (Wildman–Crippen LogP) is 2.28. The molecule has 1 aromatic rings. The molecule has 4 heteroatoms. The third kappa shape index (κ3) is 3.76. The van der Waals surface area contributed by atoms with E-state index in [9.17, 15) is 0 Å². The van der Waals surface area contributed by atoms with Gasteiger partial charge in [-0.25, -0.2) is 4.98 Å². The Morgan fingerprint density at radius 2 is 2.35 bits per heavy atom. The van der Waals surface area contributed by atoms with Crippen LogP contribution < -0.4 is 5.32 Å². The van der Waals surface area contributed by atoms with Gasteiger partial charge in [0.05, 0.1) is 6.54 Å². The topological polar surface area (TPSA) is 28.2 Å². The molecular formula is C13H23N3S. The molecule has 96 valence electrons. The largest absolute Gasteiger partial charge is 0.310 e. The summed E-state index contributed by atoms with van der Waals surface area (Å²) in [5.41, 5.74) is 0.224. The number of aromatic nitrogens is 1. The Kier molecular flexibility index (Phi) is 4.17. The summed E-state index contributed by atoms with van der Waals surface area (Å²) >= 11 is 1.86. The monoisotopic (exact) mass is 253 g/mol. The Morgan fingerprint density at radius 1 is 1.53 bits per heavy atom. The van der Waals surface area contributed by atoms with Gasteiger partial charge in [-0.15, -0.1) is 11.3 Å². The fourth-order valence-electron chi connectivity index (χ4n) is 2.33. The standard InChI is InChI=1S/C13H23N3S/c1-4-11-8-14-12(17-11)9-16-7-5-6-15-13(2,3)10-16/h8,15H,4-7,9-10H2,1-3H3. The second-order valence-electron chi connectivity index (χ2n) is 5.45. The van der Waals surface area contributed by atoms with E-state index >= 15 is 0 Å². The van der Waals surface area contributed by atoms with Gasteiger partial charge in [-0.3, -0.25) is 4.90 Å². The van der Waals surface area contributed by atoms with Gasteiger partial charge in [-0.1, -0.05) is 6.92 Å². The second kappa shape index (κ2) is 5.46. The summed E-state index contributed by atoms with van der Waals surface area (Å²) in [4.78, 5) is 8.44. The van der Waals surface area contributed by atoms with Crippen LogP contribution in [0.15, 0.2) is 6.20 Å². The van der Waals surface area contributed by atoms with Crippen molar-refractivity contribution in [3.63, 3.8) is 0 Å². The summed E-state index contributed by atoms with van der Waals surface area (Å²) in [7, 11) is 0. The summed E-state index contributed by atoms with van der Waals surface area (Å²) in [5.74, 6) is 0. The van der Waals surface area contributed by atoms with Gasteiger partial charge < -0.3 is 5.32 Å². The van der Waals surface area contributed by atoms with Crippen LogP contribution in [0.25, 0.3) is 0 Å². The van der Waals surface area contributed by atoms with Crippen LogP contribution in [0.1, 0.15) is 37.1 Å². The van der Waals surface area contributed by atoms with Crippen molar-refractivity contribution in [3.05, 3.63) is 16.1 Å². The molecule has 2 rings (SSSR count). The lowest BCUT2D eigenvalue weighted by atomic mass is 10.1. The van der Waals surface area contributed by atoms with Crippen molar-refractivity contribution in [1.82, 2.24) is 15.2 Å². The maximum absolute atomic E-state index is 4.52. The van der Waals surface area contributed by atoms with Crippen molar-refractivity contribution < 1.29 is 0 Å². The lowest BCUT2D eigenvalue weighted by molar-refractivity contribution is 0.223. The summed E-state index contributed by atoms with van der Waals surface area (Å²) in [5, 5.41) is 4.86. The molecule has 0 bridgehead atoms. The molecule has 1 fully saturated rings. The van der Waals surface area contributed by atoms with E-state index in [1.165, 1.54) is 22.9 Å². The third-order valence-electron chi connectivity index (χ3n) is 3.18. The highest BCUT2D eigenvalue weighted by atomic mass is 32.1. The minimum Gasteiger partial charge on any atom is -0.310 e. The van der Waals surface area contributed by atoms with Crippen LogP contribution in [-0.4, -0.2) is 35.1 Å². The van der Waals surface area contributed by atoms with E-state index in [4.69, 9.17) is 0 Å². The molecule has 17 heavy (non-hydrogen) atoms. The summed E-state index contributed by atoms with van der Waals surface area (Å²) in [6.45, 7) is 11.2. The number of thiazole rings is 1. The molecule has 1 aromatic heterocycles. The first kappa shape index (κ1) is 13.0. The zero-order valence-corrected chi connectivity index (χ0v) is 11.9. The highest BCUT2D eigenvalue weighted by molar-refractivity contribution is 7.11. The average Bonchev–Trinajstić information content (AvgIpc) is 2.64. The minimum absolute atomic E-state index is 0.224. The summed E-state index contributed by atoms with van der Waals surface area (Å²) in [6.07, 6.45) is 4.36. The molecule has 0 aromatic carbocycles. The van der Waals surface area contributed by atoms with Gasteiger partial charge in [0, 0.05) is 23.2 Å². The number of nitrogens with one attached hydrogen (secondary N) is 1. The van der Waals surface area contributed by atoms with E-state index in [0.29, 0.717) is 0 Å². The van der Waals surface area contributed by atoms with Crippen LogP contribution in [0.2, 0.25) is 0 Å². The van der Waals surface area contributed by atoms with Gasteiger partial charge >= 0.3 is 0 Å². The molecule has 0 unspecified atom stereocenters. The number of hydrogen-bond donors (Lipinski definition) is 1. The molecule has 0 aliphatic carbocycles. The summed E-state index contributed by atoms with van der Waals surface area (Å²) < 4.78 is 0.